The first-order valence-electron chi connectivity index (χ1n) is 8.24. The van der Waals surface area contributed by atoms with E-state index in [1.54, 1.807) is 5.32 Å². The number of carbonyl (C=O) groups is 3. The molecule has 0 radical (unpaired) electrons. The Morgan fingerprint density at radius 3 is 2.44 bits per heavy atom. The van der Waals surface area contributed by atoms with Crippen molar-refractivity contribution in [2.24, 2.45) is 5.73 Å². The standard InChI is InChI=1S/C16H20ClN3O6S/c1-10(14(21)19-16(18)23)26-15(22)12-9-11(5-6-13(12)17)27(24,25)20-7-3-2-4-8-20/h5-6,9-10H,2-4,7-8H2,1H3,(H3,18,19,21,23)/t10-/m1/s1. The summed E-state index contributed by atoms with van der Waals surface area (Å²) in [4.78, 5) is 34.5. The predicted molar refractivity (Wildman–Crippen MR) is 96.7 cm³/mol. The van der Waals surface area contributed by atoms with Crippen molar-refractivity contribution < 1.29 is 27.5 Å². The highest BCUT2D eigenvalue weighted by Gasteiger charge is 2.28. The van der Waals surface area contributed by atoms with Gasteiger partial charge in [-0.15, -0.1) is 0 Å². The molecule has 3 N–H and O–H groups in total. The van der Waals surface area contributed by atoms with Crippen LogP contribution < -0.4 is 11.1 Å². The molecule has 1 aliphatic heterocycles. The second-order valence-corrected chi connectivity index (χ2v) is 8.35. The van der Waals surface area contributed by atoms with Crippen molar-refractivity contribution in [3.05, 3.63) is 28.8 Å². The molecular weight excluding hydrogens is 398 g/mol. The van der Waals surface area contributed by atoms with E-state index in [1.165, 1.54) is 23.4 Å². The van der Waals surface area contributed by atoms with Gasteiger partial charge in [-0.1, -0.05) is 18.0 Å². The van der Waals surface area contributed by atoms with Gasteiger partial charge in [0, 0.05) is 13.1 Å². The maximum atomic E-state index is 12.7. The molecule has 2 rings (SSSR count). The fourth-order valence-corrected chi connectivity index (χ4v) is 4.31. The molecule has 1 aromatic carbocycles. The van der Waals surface area contributed by atoms with Crippen molar-refractivity contribution in [3.63, 3.8) is 0 Å². The van der Waals surface area contributed by atoms with Crippen molar-refractivity contribution in [1.29, 1.82) is 0 Å². The number of imide groups is 1. The topological polar surface area (TPSA) is 136 Å². The van der Waals surface area contributed by atoms with Gasteiger partial charge >= 0.3 is 12.0 Å². The van der Waals surface area contributed by atoms with Crippen LogP contribution in [0.15, 0.2) is 23.1 Å². The number of halogens is 1. The van der Waals surface area contributed by atoms with E-state index in [9.17, 15) is 22.8 Å². The van der Waals surface area contributed by atoms with Gasteiger partial charge in [0.05, 0.1) is 15.5 Å². The number of primary amides is 1. The molecule has 9 nitrogen and oxygen atoms in total. The van der Waals surface area contributed by atoms with Crippen molar-refractivity contribution in [2.45, 2.75) is 37.2 Å². The third-order valence-electron chi connectivity index (χ3n) is 4.01. The van der Waals surface area contributed by atoms with Crippen LogP contribution in [-0.2, 0) is 19.6 Å². The highest BCUT2D eigenvalue weighted by Crippen LogP contribution is 2.25. The molecule has 27 heavy (non-hydrogen) atoms. The highest BCUT2D eigenvalue weighted by atomic mass is 35.5. The molecule has 1 atom stereocenters. The van der Waals surface area contributed by atoms with Crippen LogP contribution in [0.1, 0.15) is 36.5 Å². The average Bonchev–Trinajstić information content (AvgIpc) is 2.61. The van der Waals surface area contributed by atoms with E-state index in [-0.39, 0.29) is 15.5 Å². The third-order valence-corrected chi connectivity index (χ3v) is 6.23. The number of rotatable bonds is 5. The smallest absolute Gasteiger partial charge is 0.340 e. The minimum atomic E-state index is -3.77. The molecule has 1 heterocycles. The highest BCUT2D eigenvalue weighted by molar-refractivity contribution is 7.89. The normalized spacial score (nSPS) is 16.4. The number of sulfonamides is 1. The number of amides is 3. The van der Waals surface area contributed by atoms with E-state index in [4.69, 9.17) is 22.1 Å². The predicted octanol–water partition coefficient (Wildman–Crippen LogP) is 1.25. The summed E-state index contributed by atoms with van der Waals surface area (Å²) in [5.74, 6) is -1.91. The van der Waals surface area contributed by atoms with Crippen molar-refractivity contribution in [3.8, 4) is 0 Å². The number of carbonyl (C=O) groups excluding carboxylic acids is 3. The zero-order valence-corrected chi connectivity index (χ0v) is 16.2. The first-order valence-corrected chi connectivity index (χ1v) is 10.1. The summed E-state index contributed by atoms with van der Waals surface area (Å²) < 4.78 is 31.8. The number of hydrogen-bond donors (Lipinski definition) is 2. The molecule has 0 saturated carbocycles. The van der Waals surface area contributed by atoms with Gasteiger partial charge in [-0.3, -0.25) is 10.1 Å². The van der Waals surface area contributed by atoms with Crippen LogP contribution in [0.25, 0.3) is 0 Å². The summed E-state index contributed by atoms with van der Waals surface area (Å²) in [6, 6.07) is 2.62. The molecule has 3 amide bonds. The number of nitrogens with zero attached hydrogens (tertiary/aromatic N) is 1. The van der Waals surface area contributed by atoms with Crippen molar-refractivity contribution >= 4 is 39.5 Å². The Balaban J connectivity index is 2.22. The number of benzene rings is 1. The molecule has 11 heteroatoms. The Labute approximate surface area is 161 Å². The van der Waals surface area contributed by atoms with Crippen LogP contribution in [-0.4, -0.2) is 49.8 Å². The Kier molecular flexibility index (Phi) is 6.79. The first kappa shape index (κ1) is 21.1. The molecule has 148 valence electrons. The van der Waals surface area contributed by atoms with Gasteiger partial charge in [0.15, 0.2) is 6.10 Å². The summed E-state index contributed by atoms with van der Waals surface area (Å²) in [5.41, 5.74) is 4.63. The molecule has 1 aromatic rings. The van der Waals surface area contributed by atoms with Crippen LogP contribution in [0, 0.1) is 0 Å². The Hall–Kier alpha value is -2.17. The van der Waals surface area contributed by atoms with E-state index in [2.05, 4.69) is 0 Å². The minimum Gasteiger partial charge on any atom is -0.449 e. The van der Waals surface area contributed by atoms with Crippen LogP contribution in [0.2, 0.25) is 5.02 Å². The first-order chi connectivity index (χ1) is 12.6. The van der Waals surface area contributed by atoms with Gasteiger partial charge in [-0.2, -0.15) is 4.31 Å². The van der Waals surface area contributed by atoms with Gasteiger partial charge in [-0.05, 0) is 38.0 Å². The zero-order valence-electron chi connectivity index (χ0n) is 14.6. The molecule has 0 unspecified atom stereocenters. The summed E-state index contributed by atoms with van der Waals surface area (Å²) in [5, 5.41) is 1.75. The largest absolute Gasteiger partial charge is 0.449 e. The fourth-order valence-electron chi connectivity index (χ4n) is 2.58. The number of ether oxygens (including phenoxy) is 1. The van der Waals surface area contributed by atoms with Gasteiger partial charge < -0.3 is 10.5 Å². The SMILES string of the molecule is C[C@@H](OC(=O)c1cc(S(=O)(=O)N2CCCCC2)ccc1Cl)C(=O)NC(N)=O. The molecule has 1 aliphatic rings. The monoisotopic (exact) mass is 417 g/mol. The number of esters is 1. The van der Waals surface area contributed by atoms with Crippen LogP contribution >= 0.6 is 11.6 Å². The van der Waals surface area contributed by atoms with Crippen LogP contribution in [0.4, 0.5) is 4.79 Å². The fraction of sp³-hybridized carbons (Fsp3) is 0.438. The van der Waals surface area contributed by atoms with E-state index in [0.717, 1.165) is 25.3 Å². The lowest BCUT2D eigenvalue weighted by atomic mass is 10.2. The quantitative estimate of drug-likeness (QED) is 0.692. The summed E-state index contributed by atoms with van der Waals surface area (Å²) in [6.07, 6.45) is 1.18. The molecule has 1 fully saturated rings. The summed E-state index contributed by atoms with van der Waals surface area (Å²) in [7, 11) is -3.77. The van der Waals surface area contributed by atoms with Gasteiger partial charge in [0.1, 0.15) is 0 Å². The lowest BCUT2D eigenvalue weighted by molar-refractivity contribution is -0.127. The molecule has 0 spiro atoms. The Morgan fingerprint density at radius 2 is 1.85 bits per heavy atom. The number of hydrogen-bond acceptors (Lipinski definition) is 6. The second kappa shape index (κ2) is 8.68. The van der Waals surface area contributed by atoms with Crippen LogP contribution in [0.3, 0.4) is 0 Å². The van der Waals surface area contributed by atoms with E-state index in [0.29, 0.717) is 13.1 Å². The second-order valence-electron chi connectivity index (χ2n) is 6.01. The van der Waals surface area contributed by atoms with E-state index < -0.39 is 34.0 Å². The molecule has 0 bridgehead atoms. The summed E-state index contributed by atoms with van der Waals surface area (Å²) >= 11 is 5.99. The van der Waals surface area contributed by atoms with Gasteiger partial charge in [0.2, 0.25) is 10.0 Å². The summed E-state index contributed by atoms with van der Waals surface area (Å²) in [6.45, 7) is 2.06. The molecule has 0 aliphatic carbocycles. The average molecular weight is 418 g/mol. The Bertz CT molecular complexity index is 852. The lowest BCUT2D eigenvalue weighted by Gasteiger charge is -2.26. The van der Waals surface area contributed by atoms with Gasteiger partial charge in [-0.25, -0.2) is 18.0 Å². The van der Waals surface area contributed by atoms with E-state index in [1.807, 2.05) is 0 Å². The lowest BCUT2D eigenvalue weighted by Crippen LogP contribution is -2.42. The number of nitrogens with one attached hydrogen (secondary N) is 1. The minimum absolute atomic E-state index is 0.0277. The van der Waals surface area contributed by atoms with E-state index >= 15 is 0 Å². The van der Waals surface area contributed by atoms with Crippen molar-refractivity contribution in [1.82, 2.24) is 9.62 Å². The number of urea groups is 1. The molecule has 1 saturated heterocycles. The molecule has 0 aromatic heterocycles. The number of nitrogens with two attached hydrogens (primary N) is 1. The maximum Gasteiger partial charge on any atom is 0.340 e. The van der Waals surface area contributed by atoms with Crippen LogP contribution in [0.5, 0.6) is 0 Å². The van der Waals surface area contributed by atoms with Crippen molar-refractivity contribution in [2.75, 3.05) is 13.1 Å². The maximum absolute atomic E-state index is 12.7. The van der Waals surface area contributed by atoms with Gasteiger partial charge in [0.25, 0.3) is 5.91 Å². The molecular formula is C16H20ClN3O6S. The third kappa shape index (κ3) is 5.18. The number of piperidine rings is 1. The Morgan fingerprint density at radius 1 is 1.22 bits per heavy atom. The zero-order chi connectivity index (χ0) is 20.2.